The number of rotatable bonds is 25. The van der Waals surface area contributed by atoms with Crippen molar-refractivity contribution >= 4 is 96.4 Å². The van der Waals surface area contributed by atoms with E-state index in [1.165, 1.54) is 69.5 Å². The number of nitrogens with zero attached hydrogens (tertiary/aromatic N) is 4. The number of aromatic nitrogens is 4. The molecule has 4 aromatic heterocycles. The fraction of sp³-hybridized carbons (Fsp3) is 0.220. The fourth-order valence-corrected chi connectivity index (χ4v) is 13.1. The molecule has 32 heteroatoms. The van der Waals surface area contributed by atoms with E-state index in [2.05, 4.69) is 19.4 Å². The second kappa shape index (κ2) is 34.5. The third-order valence-electron chi connectivity index (χ3n) is 18.0. The average Bonchev–Trinajstić information content (AvgIpc) is 1.59. The third kappa shape index (κ3) is 19.7. The van der Waals surface area contributed by atoms with Gasteiger partial charge >= 0.3 is 37.0 Å². The van der Waals surface area contributed by atoms with Crippen molar-refractivity contribution in [1.29, 1.82) is 0 Å². The molecule has 20 nitrogen and oxygen atoms in total. The van der Waals surface area contributed by atoms with Crippen molar-refractivity contribution in [2.75, 3.05) is 14.2 Å². The van der Waals surface area contributed by atoms with Gasteiger partial charge in [-0.3, -0.25) is 0 Å². The molecule has 0 radical (unpaired) electrons. The Balaban J connectivity index is 0.000000169. The van der Waals surface area contributed by atoms with Crippen LogP contribution < -0.4 is 42.6 Å². The molecule has 0 aliphatic rings. The molecule has 0 saturated carbocycles. The molecular formula is C82H68Cl3F9N4O16. The Morgan fingerprint density at radius 2 is 1.00 bits per heavy atom. The minimum atomic E-state index is -4.87. The van der Waals surface area contributed by atoms with Gasteiger partial charge in [-0.25, -0.2) is 14.4 Å². The van der Waals surface area contributed by atoms with E-state index in [4.69, 9.17) is 72.9 Å². The minimum Gasteiger partial charge on any atom is -0.497 e. The first-order valence-electron chi connectivity index (χ1n) is 34.5. The number of carboxylic acid groups (broad SMARTS) is 3. The first kappa shape index (κ1) is 82.9. The molecule has 0 unspecified atom stereocenters. The summed E-state index contributed by atoms with van der Waals surface area (Å²) in [7, 11) is 3.07. The predicted molar refractivity (Wildman–Crippen MR) is 408 cm³/mol. The van der Waals surface area contributed by atoms with E-state index in [1.807, 2.05) is 24.5 Å². The Bertz CT molecular complexity index is 5700. The molecule has 3 N–H and O–H groups in total. The number of aliphatic carboxylic acids is 3. The highest BCUT2D eigenvalue weighted by Crippen LogP contribution is 2.46. The Kier molecular flexibility index (Phi) is 25.1. The minimum absolute atomic E-state index is 0.124. The van der Waals surface area contributed by atoms with Crippen molar-refractivity contribution in [2.24, 2.45) is 0 Å². The normalized spacial score (nSPS) is 12.5. The molecule has 4 heterocycles. The van der Waals surface area contributed by atoms with Crippen LogP contribution in [0.25, 0.3) is 66.1 Å². The first-order chi connectivity index (χ1) is 54.0. The summed E-state index contributed by atoms with van der Waals surface area (Å²) in [6.45, 7) is 10.5. The number of fused-ring (bicyclic) bond motifs is 4. The van der Waals surface area contributed by atoms with Gasteiger partial charge in [0.05, 0.1) is 52.3 Å². The van der Waals surface area contributed by atoms with Crippen LogP contribution in [-0.2, 0) is 34.0 Å². The molecule has 13 rings (SSSR count). The average molecular weight is 1640 g/mol. The van der Waals surface area contributed by atoms with Gasteiger partial charge in [0.1, 0.15) is 57.4 Å². The summed E-state index contributed by atoms with van der Waals surface area (Å²) in [5.74, 6) is -1.42. The van der Waals surface area contributed by atoms with Gasteiger partial charge in [0, 0.05) is 81.2 Å². The van der Waals surface area contributed by atoms with Crippen LogP contribution in [0.4, 0.5) is 39.5 Å². The summed E-state index contributed by atoms with van der Waals surface area (Å²) in [6, 6.07) is 48.2. The van der Waals surface area contributed by atoms with Crippen LogP contribution in [0.5, 0.6) is 57.5 Å². The molecule has 3 atom stereocenters. The topological polar surface area (TPSA) is 236 Å². The smallest absolute Gasteiger partial charge is 0.497 e. The van der Waals surface area contributed by atoms with Crippen LogP contribution in [0.15, 0.2) is 187 Å². The zero-order valence-corrected chi connectivity index (χ0v) is 63.6. The molecule has 13 aromatic rings. The lowest BCUT2D eigenvalue weighted by Gasteiger charge is -2.15. The molecule has 114 heavy (non-hydrogen) atoms. The van der Waals surface area contributed by atoms with Gasteiger partial charge in [-0.2, -0.15) is 0 Å². The highest BCUT2D eigenvalue weighted by atomic mass is 35.5. The number of alkyl halides is 9. The van der Waals surface area contributed by atoms with E-state index in [0.29, 0.717) is 140 Å². The zero-order valence-electron chi connectivity index (χ0n) is 61.4. The number of hydrogen-bond acceptors (Lipinski definition) is 14. The van der Waals surface area contributed by atoms with Gasteiger partial charge in [0.25, 0.3) is 0 Å². The van der Waals surface area contributed by atoms with Crippen LogP contribution in [-0.4, -0.2) is 104 Å². The monoisotopic (exact) mass is 1640 g/mol. The summed E-state index contributed by atoms with van der Waals surface area (Å²) in [5.41, 5.74) is 8.44. The number of halogens is 12. The standard InChI is InChI=1S/C28H22ClF3N2O6.C28H26F3NO5.C26H20Cl2F3NO5/c1-14-25(26-21-8-4-17(37-3)12-24(21)40-33-26)20-7-5-19(39-28(30,31)32)11-23(20)34(14)13-16-10-18(6-9-22(16)29)38-15(2)27(35)36;1-4-23(27(33)34)36-21-8-5-7-18(15-21)16-32-17(2)25(19-11-13-20(35-3)14-12-19)26-22(32)9-6-10-24(26)37-28(29,30)31;1-14-24(36-18-6-4-17(27)5-7-18)20-9-8-19(37-26(29,30)31)12-22(20)32(14)13-16-3-10-21(28)23(11-16)35-15(2)25(33)34/h4-12,15H,13H2,1-3H3,(H,35,36);5-15,23H,4,16H2,1-3H3,(H,33,34);3-12,15H,13H2,1-2H3,(H,33,34)/t15-;23-;15-/m100/s1. The highest BCUT2D eigenvalue weighted by Gasteiger charge is 2.36. The van der Waals surface area contributed by atoms with Gasteiger partial charge in [0.2, 0.25) is 0 Å². The summed E-state index contributed by atoms with van der Waals surface area (Å²) in [6.07, 6.45) is -17.5. The lowest BCUT2D eigenvalue weighted by Crippen LogP contribution is -2.25. The van der Waals surface area contributed by atoms with E-state index >= 15 is 0 Å². The number of hydrogen-bond donors (Lipinski definition) is 3. The Labute approximate surface area is 658 Å². The molecule has 596 valence electrons. The number of carboxylic acids is 3. The van der Waals surface area contributed by atoms with Crippen LogP contribution in [0.2, 0.25) is 15.1 Å². The Hall–Kier alpha value is -12.1. The van der Waals surface area contributed by atoms with Gasteiger partial charge in [-0.15, -0.1) is 39.5 Å². The molecule has 0 aliphatic carbocycles. The van der Waals surface area contributed by atoms with Crippen LogP contribution >= 0.6 is 34.8 Å². The largest absolute Gasteiger partial charge is 0.573 e. The summed E-state index contributed by atoms with van der Waals surface area (Å²) < 4.78 is 175. The zero-order chi connectivity index (χ0) is 82.4. The van der Waals surface area contributed by atoms with E-state index in [0.717, 1.165) is 11.3 Å². The van der Waals surface area contributed by atoms with Crippen LogP contribution in [0.1, 0.15) is 61.0 Å². The lowest BCUT2D eigenvalue weighted by molar-refractivity contribution is -0.275. The molecular weight excluding hydrogens is 1570 g/mol. The van der Waals surface area contributed by atoms with Gasteiger partial charge < -0.3 is 76.2 Å². The molecule has 0 bridgehead atoms. The van der Waals surface area contributed by atoms with E-state index in [1.54, 1.807) is 157 Å². The summed E-state index contributed by atoms with van der Waals surface area (Å²) >= 11 is 18.6. The van der Waals surface area contributed by atoms with Gasteiger partial charge in [-0.1, -0.05) is 83.3 Å². The predicted octanol–water partition coefficient (Wildman–Crippen LogP) is 21.9. The maximum absolute atomic E-state index is 13.3. The molecule has 0 amide bonds. The maximum Gasteiger partial charge on any atom is 0.573 e. The van der Waals surface area contributed by atoms with Crippen LogP contribution in [0, 0.1) is 20.8 Å². The van der Waals surface area contributed by atoms with E-state index in [-0.39, 0.29) is 41.1 Å². The van der Waals surface area contributed by atoms with E-state index < -0.39 is 61.1 Å². The van der Waals surface area contributed by atoms with Gasteiger partial charge in [0.15, 0.2) is 29.6 Å². The Morgan fingerprint density at radius 1 is 0.474 bits per heavy atom. The number of benzene rings is 9. The second-order valence-electron chi connectivity index (χ2n) is 25.6. The van der Waals surface area contributed by atoms with Gasteiger partial charge in [-0.05, 0) is 191 Å². The van der Waals surface area contributed by atoms with Crippen molar-refractivity contribution in [3.05, 3.63) is 231 Å². The molecule has 9 aromatic carbocycles. The van der Waals surface area contributed by atoms with Crippen molar-refractivity contribution in [2.45, 2.75) is 105 Å². The Morgan fingerprint density at radius 3 is 1.61 bits per heavy atom. The summed E-state index contributed by atoms with van der Waals surface area (Å²) in [4.78, 5) is 33.8. The van der Waals surface area contributed by atoms with E-state index in [9.17, 15) is 64.1 Å². The molecule has 0 saturated heterocycles. The number of ether oxygens (including phenoxy) is 9. The first-order valence-corrected chi connectivity index (χ1v) is 35.6. The summed E-state index contributed by atoms with van der Waals surface area (Å²) in [5, 5.41) is 35.3. The molecule has 0 spiro atoms. The number of carbonyl (C=O) groups is 3. The highest BCUT2D eigenvalue weighted by molar-refractivity contribution is 6.32. The second-order valence-corrected chi connectivity index (χ2v) is 26.9. The van der Waals surface area contributed by atoms with Crippen molar-refractivity contribution < 1.29 is 116 Å². The third-order valence-corrected chi connectivity index (χ3v) is 19.0. The maximum atomic E-state index is 13.3. The van der Waals surface area contributed by atoms with Crippen LogP contribution in [0.3, 0.4) is 0 Å². The van der Waals surface area contributed by atoms with Crippen molar-refractivity contribution in [3.63, 3.8) is 0 Å². The molecule has 0 aliphatic heterocycles. The number of methoxy groups -OCH3 is 2. The van der Waals surface area contributed by atoms with Crippen molar-refractivity contribution in [3.8, 4) is 79.9 Å². The molecule has 0 fully saturated rings. The SMILES string of the molecule is CC[C@H](Oc1cccc(Cn2c(C)c(-c3ccc(OC)cc3)c3c(OC(F)(F)F)cccc32)c1)C(=O)O.COc1ccc2c(-c3c(C)n(Cc4cc(O[C@H](C)C(=O)O)ccc4Cl)c4cc(OC(F)(F)F)ccc34)noc2c1.Cc1c(Oc2ccc(Cl)cc2)c2ccc(OC(F)(F)F)cc2n1Cc1ccc(Cl)c(O[C@@H](C)C(=O)O)c1. The fourth-order valence-electron chi connectivity index (χ4n) is 12.7. The quantitative estimate of drug-likeness (QED) is 0.0451. The lowest BCUT2D eigenvalue weighted by atomic mass is 10.0. The van der Waals surface area contributed by atoms with Crippen molar-refractivity contribution in [1.82, 2.24) is 18.9 Å².